The second-order valence-electron chi connectivity index (χ2n) is 48.3. The van der Waals surface area contributed by atoms with Gasteiger partial charge in [0.25, 0.3) is 0 Å². The largest absolute Gasteiger partial charge is 0.310 e. The van der Waals surface area contributed by atoms with Crippen molar-refractivity contribution in [2.24, 2.45) is 0 Å². The predicted octanol–water partition coefficient (Wildman–Crippen LogP) is 40.2. The topological polar surface area (TPSA) is 9.72 Å². The zero-order valence-electron chi connectivity index (χ0n) is 88.9. The molecule has 0 aliphatic heterocycles. The highest BCUT2D eigenvalue weighted by Crippen LogP contribution is 2.65. The van der Waals surface area contributed by atoms with Crippen molar-refractivity contribution >= 4 is 115 Å². The molecule has 20 aromatic carbocycles. The van der Waals surface area contributed by atoms with Crippen LogP contribution in [0.25, 0.3) is 130 Å². The standard InChI is InChI=1S/C52H47N.C49H41NS.C43H39N/c1-49(2)43-19-13-11-17-37(43)39-26-22-33(29-45(39)49)53(35-23-27-40-38-18-12-14-20-44(38)51(5,6)52(7,8)47(40)31-35)34-24-28-41-42-25-21-32-15-9-10-16-36(32)48(42)50(3,4)46(41)30-34;1-47(2)42-27-31(21-25-37(42)40-23-19-30-13-7-8-14-34(30)46(40)47)50(33-22-26-39-38-16-10-12-18-44(38)51-45(39)29-33)32-20-24-36-35-15-9-11-17-41(35)48(3,4)49(5,6)43(36)28-32;1-41(2)35-22-14-13-21-34(35)39-38(26-28-16-10-11-19-31(28)40(39)41)44(29-17-8-7-9-18-29)30-24-25-33-32-20-12-15-23-36(32)42(3,4)43(5,6)37(33)27-30/h9-31H,1-8H3;7-29H,1-6H3;7-27H,1-6H3. The number of benzene rings is 20. The van der Waals surface area contributed by atoms with Gasteiger partial charge in [-0.2, -0.15) is 0 Å². The number of hydrogen-bond acceptors (Lipinski definition) is 4. The summed E-state index contributed by atoms with van der Waals surface area (Å²) < 4.78 is 2.64. The van der Waals surface area contributed by atoms with E-state index >= 15 is 0 Å². The van der Waals surface area contributed by atoms with E-state index in [9.17, 15) is 0 Å². The summed E-state index contributed by atoms with van der Waals surface area (Å²) in [6.45, 7) is 48.2. The molecule has 0 saturated heterocycles. The number of fused-ring (bicyclic) bond motifs is 30. The fourth-order valence-corrected chi connectivity index (χ4v) is 29.1. The molecule has 1 heterocycles. The van der Waals surface area contributed by atoms with E-state index in [-0.39, 0.29) is 54.1 Å². The summed E-state index contributed by atoms with van der Waals surface area (Å²) >= 11 is 1.88. The Hall–Kier alpha value is -15.2. The van der Waals surface area contributed by atoms with Crippen molar-refractivity contribution < 1.29 is 0 Å². The van der Waals surface area contributed by atoms with Gasteiger partial charge >= 0.3 is 0 Å². The molecule has 7 aliphatic carbocycles. The van der Waals surface area contributed by atoms with E-state index in [0.717, 1.165) is 0 Å². The van der Waals surface area contributed by atoms with E-state index in [1.54, 1.807) is 0 Å². The Bertz CT molecular complexity index is 9190. The highest BCUT2D eigenvalue weighted by Gasteiger charge is 2.52. The molecule has 21 aromatic rings. The molecule has 0 radical (unpaired) electrons. The van der Waals surface area contributed by atoms with Crippen LogP contribution in [0, 0.1) is 0 Å². The van der Waals surface area contributed by atoms with Crippen LogP contribution in [0.3, 0.4) is 0 Å². The van der Waals surface area contributed by atoms with Crippen LogP contribution in [0.1, 0.15) is 216 Å². The molecule has 148 heavy (non-hydrogen) atoms. The summed E-state index contributed by atoms with van der Waals surface area (Å²) in [6, 6.07) is 153. The van der Waals surface area contributed by atoms with Crippen molar-refractivity contribution in [1.82, 2.24) is 0 Å². The first-order chi connectivity index (χ1) is 71.0. The van der Waals surface area contributed by atoms with E-state index in [0.29, 0.717) is 0 Å². The van der Waals surface area contributed by atoms with Gasteiger partial charge in [0.1, 0.15) is 0 Å². The van der Waals surface area contributed by atoms with Crippen molar-refractivity contribution in [3.8, 4) is 77.9 Å². The molecule has 7 aliphatic rings. The summed E-state index contributed by atoms with van der Waals surface area (Å²) in [5.74, 6) is 0. The molecule has 28 rings (SSSR count). The Morgan fingerprint density at radius 3 is 0.858 bits per heavy atom. The van der Waals surface area contributed by atoms with Crippen LogP contribution in [0.5, 0.6) is 0 Å². The molecule has 0 unspecified atom stereocenters. The molecule has 0 saturated carbocycles. The second kappa shape index (κ2) is 32.6. The number of thiophene rings is 1. The van der Waals surface area contributed by atoms with Crippen LogP contribution in [-0.4, -0.2) is 0 Å². The second-order valence-corrected chi connectivity index (χ2v) is 49.3. The highest BCUT2D eigenvalue weighted by molar-refractivity contribution is 7.25. The molecule has 0 amide bonds. The van der Waals surface area contributed by atoms with Crippen LogP contribution < -0.4 is 14.7 Å². The fraction of sp³-hybridized carbons (Fsp3) is 0.208. The molecule has 4 heteroatoms. The molecule has 0 spiro atoms. The third kappa shape index (κ3) is 13.3. The van der Waals surface area contributed by atoms with Gasteiger partial charge in [0.05, 0.1) is 5.69 Å². The Kier molecular flexibility index (Phi) is 20.4. The molecule has 0 fully saturated rings. The molecule has 0 atom stereocenters. The zero-order chi connectivity index (χ0) is 102. The Morgan fingerprint density at radius 2 is 0.426 bits per heavy atom. The van der Waals surface area contributed by atoms with Crippen molar-refractivity contribution in [2.45, 2.75) is 193 Å². The Morgan fingerprint density at radius 1 is 0.155 bits per heavy atom. The van der Waals surface area contributed by atoms with E-state index in [1.807, 2.05) is 11.3 Å². The Balaban J connectivity index is 0.000000113. The summed E-state index contributed by atoms with van der Waals surface area (Å²) in [6.07, 6.45) is 0. The lowest BCUT2D eigenvalue weighted by Crippen LogP contribution is -2.43. The SMILES string of the molecule is CC1(C)c2cc(N(c3ccc4c(c3)C(C)(C)C(C)(C)c3ccccc3-4)c3ccc4c(c3)sc3ccccc34)ccc2-c2ccc3ccccc3c21.CC1(C)c2ccccc2-c2c(N(c3ccccc3)c3ccc4c(c3)C(C)(C)C(C)(C)c3ccccc3-4)cc3ccccc3c21.CC1(C)c2ccccc2-c2ccc(N(c3ccc4c(c3)C(C)(C)c3c-4ccc4ccccc34)c3ccc4c(c3)C(C)(C)C(C)(C)c3ccccc3-4)cc21. The molecule has 724 valence electrons. The van der Waals surface area contributed by atoms with Gasteiger partial charge in [0.2, 0.25) is 0 Å². The zero-order valence-corrected chi connectivity index (χ0v) is 89.7. The number of para-hydroxylation sites is 1. The summed E-state index contributed by atoms with van der Waals surface area (Å²) in [5, 5.41) is 10.6. The van der Waals surface area contributed by atoms with Crippen molar-refractivity contribution in [1.29, 1.82) is 0 Å². The van der Waals surface area contributed by atoms with Crippen LogP contribution >= 0.6 is 11.3 Å². The molecule has 1 aromatic heterocycles. The minimum Gasteiger partial charge on any atom is -0.310 e. The lowest BCUT2D eigenvalue weighted by molar-refractivity contribution is 0.299. The van der Waals surface area contributed by atoms with Gasteiger partial charge in [0, 0.05) is 92.9 Å². The van der Waals surface area contributed by atoms with Crippen molar-refractivity contribution in [3.63, 3.8) is 0 Å². The lowest BCUT2D eigenvalue weighted by atomic mass is 9.55. The molecular weight excluding hydrogens is 1800 g/mol. The normalized spacial score (nSPS) is 16.6. The van der Waals surface area contributed by atoms with Gasteiger partial charge in [-0.05, 0) is 324 Å². The third-order valence-electron chi connectivity index (χ3n) is 37.9. The van der Waals surface area contributed by atoms with Crippen molar-refractivity contribution in [3.05, 3.63) is 484 Å². The summed E-state index contributed by atoms with van der Waals surface area (Å²) in [5.41, 5.74) is 48.4. The van der Waals surface area contributed by atoms with Crippen molar-refractivity contribution in [2.75, 3.05) is 14.7 Å². The quantitative estimate of drug-likeness (QED) is 0.143. The van der Waals surface area contributed by atoms with Gasteiger partial charge in [-0.1, -0.05) is 436 Å². The van der Waals surface area contributed by atoms with E-state index in [1.165, 1.54) is 259 Å². The average Bonchev–Trinajstić information content (AvgIpc) is 1.08. The number of hydrogen-bond donors (Lipinski definition) is 0. The maximum atomic E-state index is 2.53. The first-order valence-corrected chi connectivity index (χ1v) is 54.2. The number of nitrogens with zero attached hydrogens (tertiary/aromatic N) is 3. The Labute approximate surface area is 878 Å². The highest BCUT2D eigenvalue weighted by atomic mass is 32.1. The van der Waals surface area contributed by atoms with Crippen LogP contribution in [-0.2, 0) is 54.1 Å². The monoisotopic (exact) mass is 1930 g/mol. The van der Waals surface area contributed by atoms with E-state index < -0.39 is 0 Å². The lowest BCUT2D eigenvalue weighted by Gasteiger charge is -2.48. The molecule has 0 bridgehead atoms. The minimum atomic E-state index is -0.152. The van der Waals surface area contributed by atoms with Crippen LogP contribution in [0.2, 0.25) is 0 Å². The third-order valence-corrected chi connectivity index (χ3v) is 39.1. The van der Waals surface area contributed by atoms with Gasteiger partial charge in [0.15, 0.2) is 0 Å². The van der Waals surface area contributed by atoms with Gasteiger partial charge in [-0.3, -0.25) is 0 Å². The van der Waals surface area contributed by atoms with E-state index in [2.05, 4.69) is 560 Å². The average molecular weight is 1930 g/mol. The molecule has 3 nitrogen and oxygen atoms in total. The smallest absolute Gasteiger partial charge is 0.0549 e. The van der Waals surface area contributed by atoms with E-state index in [4.69, 9.17) is 0 Å². The predicted molar refractivity (Wildman–Crippen MR) is 634 cm³/mol. The fourth-order valence-electron chi connectivity index (χ4n) is 27.9. The summed E-state index contributed by atoms with van der Waals surface area (Å²) in [4.78, 5) is 7.54. The first kappa shape index (κ1) is 92.6. The van der Waals surface area contributed by atoms with Crippen LogP contribution in [0.4, 0.5) is 51.2 Å². The van der Waals surface area contributed by atoms with Gasteiger partial charge < -0.3 is 14.7 Å². The molecule has 0 N–H and O–H groups in total. The number of rotatable bonds is 9. The minimum absolute atomic E-state index is 0.0278. The van der Waals surface area contributed by atoms with Gasteiger partial charge in [-0.15, -0.1) is 11.3 Å². The maximum Gasteiger partial charge on any atom is 0.0549 e. The first-order valence-electron chi connectivity index (χ1n) is 53.3. The van der Waals surface area contributed by atoms with Gasteiger partial charge in [-0.25, -0.2) is 0 Å². The summed E-state index contributed by atoms with van der Waals surface area (Å²) in [7, 11) is 0. The maximum absolute atomic E-state index is 2.53. The molecular formula is C144H127N3S. The van der Waals surface area contributed by atoms with Crippen LogP contribution in [0.15, 0.2) is 406 Å². The number of anilines is 9.